The minimum absolute atomic E-state index is 0.135. The van der Waals surface area contributed by atoms with E-state index in [9.17, 15) is 4.79 Å². The second kappa shape index (κ2) is 7.85. The summed E-state index contributed by atoms with van der Waals surface area (Å²) < 4.78 is 5.14. The molecule has 1 N–H and O–H groups in total. The van der Waals surface area contributed by atoms with Crippen molar-refractivity contribution in [3.8, 4) is 0 Å². The summed E-state index contributed by atoms with van der Waals surface area (Å²) in [5.74, 6) is 0.680. The number of carbonyl (C=O) groups is 1. The molecule has 2 unspecified atom stereocenters. The van der Waals surface area contributed by atoms with Crippen LogP contribution in [0, 0.1) is 5.92 Å². The van der Waals surface area contributed by atoms with Crippen LogP contribution < -0.4 is 5.32 Å². The zero-order valence-corrected chi connectivity index (χ0v) is 13.0. The Morgan fingerprint density at radius 2 is 2.26 bits per heavy atom. The molecule has 19 heavy (non-hydrogen) atoms. The van der Waals surface area contributed by atoms with E-state index in [1.54, 1.807) is 0 Å². The Morgan fingerprint density at radius 1 is 1.53 bits per heavy atom. The van der Waals surface area contributed by atoms with Gasteiger partial charge in [-0.25, -0.2) is 0 Å². The maximum absolute atomic E-state index is 11.9. The molecular formula is C15H30N2O2. The lowest BCUT2D eigenvalue weighted by atomic mass is 9.95. The van der Waals surface area contributed by atoms with Crippen molar-refractivity contribution in [1.29, 1.82) is 0 Å². The van der Waals surface area contributed by atoms with Crippen molar-refractivity contribution in [2.24, 2.45) is 5.92 Å². The molecule has 1 fully saturated rings. The zero-order valence-electron chi connectivity index (χ0n) is 13.0. The summed E-state index contributed by atoms with van der Waals surface area (Å²) in [4.78, 5) is 14.5. The smallest absolute Gasteiger partial charge is 0.326 e. The summed E-state index contributed by atoms with van der Waals surface area (Å²) in [6, 6.07) is 0. The molecule has 1 rings (SSSR count). The first-order valence-corrected chi connectivity index (χ1v) is 7.60. The number of carbonyl (C=O) groups excluding carboxylic acids is 1. The fraction of sp³-hybridized carbons (Fsp3) is 0.933. The zero-order chi connectivity index (χ0) is 14.3. The fourth-order valence-electron chi connectivity index (χ4n) is 2.77. The monoisotopic (exact) mass is 270 g/mol. The number of hydrogen-bond donors (Lipinski definition) is 1. The average Bonchev–Trinajstić information content (AvgIpc) is 2.39. The number of hydrogen-bond acceptors (Lipinski definition) is 4. The summed E-state index contributed by atoms with van der Waals surface area (Å²) in [5, 5.41) is 3.12. The Kier molecular flexibility index (Phi) is 6.80. The van der Waals surface area contributed by atoms with Crippen LogP contribution in [0.15, 0.2) is 0 Å². The highest BCUT2D eigenvalue weighted by atomic mass is 16.5. The summed E-state index contributed by atoms with van der Waals surface area (Å²) in [7, 11) is 1.83. The molecule has 0 aromatic carbocycles. The number of likely N-dealkylation sites (N-methyl/N-ethyl adjacent to an activating group) is 1. The van der Waals surface area contributed by atoms with E-state index in [4.69, 9.17) is 4.74 Å². The van der Waals surface area contributed by atoms with Crippen molar-refractivity contribution in [2.45, 2.75) is 52.0 Å². The molecule has 0 radical (unpaired) electrons. The van der Waals surface area contributed by atoms with E-state index >= 15 is 0 Å². The molecule has 1 aliphatic rings. The summed E-state index contributed by atoms with van der Waals surface area (Å²) in [6.45, 7) is 10.0. The molecule has 0 aromatic rings. The van der Waals surface area contributed by atoms with Gasteiger partial charge >= 0.3 is 5.97 Å². The van der Waals surface area contributed by atoms with Gasteiger partial charge in [-0.2, -0.15) is 0 Å². The van der Waals surface area contributed by atoms with E-state index in [0.29, 0.717) is 6.61 Å². The lowest BCUT2D eigenvalue weighted by Gasteiger charge is -2.32. The number of rotatable bonds is 7. The van der Waals surface area contributed by atoms with Crippen molar-refractivity contribution in [3.05, 3.63) is 0 Å². The normalized spacial score (nSPS) is 23.9. The molecule has 0 aromatic heterocycles. The maximum Gasteiger partial charge on any atom is 0.326 e. The molecule has 0 spiro atoms. The molecule has 0 amide bonds. The van der Waals surface area contributed by atoms with Crippen LogP contribution in [0.3, 0.4) is 0 Å². The Morgan fingerprint density at radius 3 is 2.84 bits per heavy atom. The van der Waals surface area contributed by atoms with Crippen molar-refractivity contribution < 1.29 is 9.53 Å². The third-order valence-corrected chi connectivity index (χ3v) is 4.17. The number of nitrogens with one attached hydrogen (secondary N) is 1. The standard InChI is InChI=1S/C15H30N2O2/c1-5-19-14(18)15(3,16-4)9-7-11-17-10-6-8-13(2)12-17/h13,16H,5-12H2,1-4H3. The quantitative estimate of drug-likeness (QED) is 0.719. The molecule has 112 valence electrons. The van der Waals surface area contributed by atoms with E-state index in [1.165, 1.54) is 25.9 Å². The van der Waals surface area contributed by atoms with E-state index in [0.717, 1.165) is 25.3 Å². The van der Waals surface area contributed by atoms with Crippen LogP contribution in [0.4, 0.5) is 0 Å². The van der Waals surface area contributed by atoms with Crippen LogP contribution in [0.1, 0.15) is 46.5 Å². The first-order chi connectivity index (χ1) is 9.01. The van der Waals surface area contributed by atoms with Gasteiger partial charge in [-0.3, -0.25) is 4.79 Å². The van der Waals surface area contributed by atoms with Crippen LogP contribution in [0.25, 0.3) is 0 Å². The van der Waals surface area contributed by atoms with Gasteiger partial charge in [0.05, 0.1) is 6.61 Å². The molecule has 1 saturated heterocycles. The Bertz CT molecular complexity index is 283. The van der Waals surface area contributed by atoms with Crippen molar-refractivity contribution in [3.63, 3.8) is 0 Å². The van der Waals surface area contributed by atoms with Gasteiger partial charge in [-0.1, -0.05) is 6.92 Å². The fourth-order valence-corrected chi connectivity index (χ4v) is 2.77. The first-order valence-electron chi connectivity index (χ1n) is 7.60. The van der Waals surface area contributed by atoms with Crippen molar-refractivity contribution >= 4 is 5.97 Å². The molecule has 4 nitrogen and oxygen atoms in total. The molecular weight excluding hydrogens is 240 g/mol. The number of piperidine rings is 1. The van der Waals surface area contributed by atoms with Crippen LogP contribution in [0.5, 0.6) is 0 Å². The van der Waals surface area contributed by atoms with Gasteiger partial charge in [0.2, 0.25) is 0 Å². The maximum atomic E-state index is 11.9. The van der Waals surface area contributed by atoms with Gasteiger partial charge in [-0.15, -0.1) is 0 Å². The lowest BCUT2D eigenvalue weighted by molar-refractivity contribution is -0.150. The Labute approximate surface area is 117 Å². The van der Waals surface area contributed by atoms with Crippen LogP contribution in [-0.4, -0.2) is 49.7 Å². The van der Waals surface area contributed by atoms with Gasteiger partial charge in [0, 0.05) is 6.54 Å². The summed E-state index contributed by atoms with van der Waals surface area (Å²) in [6.07, 6.45) is 4.52. The molecule has 0 bridgehead atoms. The van der Waals surface area contributed by atoms with E-state index in [1.807, 2.05) is 20.9 Å². The van der Waals surface area contributed by atoms with Gasteiger partial charge in [0.1, 0.15) is 5.54 Å². The molecule has 2 atom stereocenters. The summed E-state index contributed by atoms with van der Waals surface area (Å²) in [5.41, 5.74) is -0.544. The Hall–Kier alpha value is -0.610. The highest BCUT2D eigenvalue weighted by molar-refractivity contribution is 5.80. The van der Waals surface area contributed by atoms with Crippen molar-refractivity contribution in [1.82, 2.24) is 10.2 Å². The van der Waals surface area contributed by atoms with Gasteiger partial charge in [-0.05, 0) is 65.6 Å². The minimum atomic E-state index is -0.544. The van der Waals surface area contributed by atoms with Crippen LogP contribution in [0.2, 0.25) is 0 Å². The Balaban J connectivity index is 2.34. The molecule has 0 saturated carbocycles. The SMILES string of the molecule is CCOC(=O)C(C)(CCCN1CCCC(C)C1)NC. The highest BCUT2D eigenvalue weighted by Gasteiger charge is 2.32. The molecule has 0 aliphatic carbocycles. The third kappa shape index (κ3) is 5.11. The number of nitrogens with zero attached hydrogens (tertiary/aromatic N) is 1. The number of esters is 1. The highest BCUT2D eigenvalue weighted by Crippen LogP contribution is 2.18. The summed E-state index contributed by atoms with van der Waals surface area (Å²) >= 11 is 0. The lowest BCUT2D eigenvalue weighted by Crippen LogP contribution is -2.49. The first kappa shape index (κ1) is 16.4. The van der Waals surface area contributed by atoms with E-state index in [-0.39, 0.29) is 5.97 Å². The molecule has 1 heterocycles. The second-order valence-electron chi connectivity index (χ2n) is 5.95. The van der Waals surface area contributed by atoms with E-state index < -0.39 is 5.54 Å². The number of ether oxygens (including phenoxy) is 1. The topological polar surface area (TPSA) is 41.6 Å². The number of likely N-dealkylation sites (tertiary alicyclic amines) is 1. The second-order valence-corrected chi connectivity index (χ2v) is 5.95. The van der Waals surface area contributed by atoms with Crippen molar-refractivity contribution in [2.75, 3.05) is 33.3 Å². The molecule has 4 heteroatoms. The predicted molar refractivity (Wildman–Crippen MR) is 78.2 cm³/mol. The average molecular weight is 270 g/mol. The van der Waals surface area contributed by atoms with E-state index in [2.05, 4.69) is 17.1 Å². The minimum Gasteiger partial charge on any atom is -0.465 e. The van der Waals surface area contributed by atoms with Gasteiger partial charge in [0.25, 0.3) is 0 Å². The third-order valence-electron chi connectivity index (χ3n) is 4.17. The largest absolute Gasteiger partial charge is 0.465 e. The van der Waals surface area contributed by atoms with Gasteiger partial charge in [0.15, 0.2) is 0 Å². The van der Waals surface area contributed by atoms with Crippen LogP contribution >= 0.6 is 0 Å². The predicted octanol–water partition coefficient (Wildman–Crippen LogP) is 2.04. The van der Waals surface area contributed by atoms with Crippen LogP contribution in [-0.2, 0) is 9.53 Å². The molecule has 1 aliphatic heterocycles. The van der Waals surface area contributed by atoms with Gasteiger partial charge < -0.3 is 15.0 Å².